The molecule has 52 heavy (non-hydrogen) atoms. The molecule has 0 radical (unpaired) electrons. The highest BCUT2D eigenvalue weighted by Crippen LogP contribution is 2.26. The number of unbranched alkanes of at least 4 members (excludes halogenated alkanes) is 17. The summed E-state index contributed by atoms with van der Waals surface area (Å²) >= 11 is 0. The number of benzene rings is 2. The molecule has 2 aromatic rings. The van der Waals surface area contributed by atoms with E-state index in [1.54, 1.807) is 0 Å². The lowest BCUT2D eigenvalue weighted by Gasteiger charge is -2.12. The van der Waals surface area contributed by atoms with E-state index in [4.69, 9.17) is 9.98 Å². The largest absolute Gasteiger partial charge is 0.251 e. The Morgan fingerprint density at radius 3 is 1.29 bits per heavy atom. The molecule has 0 unspecified atom stereocenters. The Kier molecular flexibility index (Phi) is 26.9. The van der Waals surface area contributed by atoms with Crippen molar-refractivity contribution in [3.63, 3.8) is 0 Å². The van der Waals surface area contributed by atoms with Gasteiger partial charge in [0.05, 0.1) is 17.1 Å². The van der Waals surface area contributed by atoms with Crippen LogP contribution in [0.2, 0.25) is 0 Å². The van der Waals surface area contributed by atoms with Gasteiger partial charge in [-0.1, -0.05) is 162 Å². The molecule has 2 heteroatoms. The van der Waals surface area contributed by atoms with Gasteiger partial charge < -0.3 is 0 Å². The molecule has 0 amide bonds. The van der Waals surface area contributed by atoms with E-state index in [2.05, 4.69) is 89.8 Å². The molecule has 0 N–H and O–H groups in total. The maximum absolute atomic E-state index is 5.38. The lowest BCUT2D eigenvalue weighted by molar-refractivity contribution is 0.545. The summed E-state index contributed by atoms with van der Waals surface area (Å²) in [7, 11) is 0. The fraction of sp³-hybridized carbons (Fsp3) is 0.680. The van der Waals surface area contributed by atoms with Crippen molar-refractivity contribution >= 4 is 22.8 Å². The number of aliphatic imine (C=N–C) groups is 2. The van der Waals surface area contributed by atoms with Crippen molar-refractivity contribution in [1.29, 1.82) is 0 Å². The molecule has 0 aliphatic rings. The number of rotatable bonds is 30. The molecule has 0 saturated heterocycles. The van der Waals surface area contributed by atoms with Crippen LogP contribution in [0.4, 0.5) is 11.4 Å². The van der Waals surface area contributed by atoms with Crippen molar-refractivity contribution in [2.75, 3.05) is 0 Å². The number of aryl methyl sites for hydroxylation is 4. The fourth-order valence-electron chi connectivity index (χ4n) is 7.01. The zero-order valence-electron chi connectivity index (χ0n) is 35.2. The summed E-state index contributed by atoms with van der Waals surface area (Å²) in [5, 5.41) is 0. The molecule has 0 aliphatic carbocycles. The predicted molar refractivity (Wildman–Crippen MR) is 235 cm³/mol. The van der Waals surface area contributed by atoms with Gasteiger partial charge in [-0.3, -0.25) is 4.99 Å². The van der Waals surface area contributed by atoms with Crippen molar-refractivity contribution in [3.8, 4) is 11.8 Å². The van der Waals surface area contributed by atoms with Crippen LogP contribution in [0.15, 0.2) is 46.4 Å². The average molecular weight is 709 g/mol. The SMILES string of the molecule is CCCCCCCCCCCCCCC#CC(=Nc1ccc(CCCC)c(CCCC)c1)C(CCCC)=Nc1ccc(CCCC)c(CCCC)c1. The zero-order chi connectivity index (χ0) is 37.5. The molecule has 0 atom stereocenters. The summed E-state index contributed by atoms with van der Waals surface area (Å²) in [5.74, 6) is 7.19. The normalized spacial score (nSPS) is 12.0. The van der Waals surface area contributed by atoms with Crippen molar-refractivity contribution in [2.45, 2.75) is 221 Å². The van der Waals surface area contributed by atoms with Crippen LogP contribution in [0.25, 0.3) is 0 Å². The minimum Gasteiger partial charge on any atom is -0.251 e. The first kappa shape index (κ1) is 45.5. The molecule has 0 spiro atoms. The molecule has 2 rings (SSSR count). The summed E-state index contributed by atoms with van der Waals surface area (Å²) in [4.78, 5) is 10.7. The Bertz CT molecular complexity index is 1320. The van der Waals surface area contributed by atoms with E-state index in [0.717, 1.165) is 74.2 Å². The summed E-state index contributed by atoms with van der Waals surface area (Å²) < 4.78 is 0. The molecular formula is C50H80N2. The molecule has 290 valence electrons. The van der Waals surface area contributed by atoms with Gasteiger partial charge in [-0.05, 0) is 123 Å². The van der Waals surface area contributed by atoms with E-state index < -0.39 is 0 Å². The van der Waals surface area contributed by atoms with Gasteiger partial charge in [-0.2, -0.15) is 0 Å². The third kappa shape index (κ3) is 20.0. The summed E-state index contributed by atoms with van der Waals surface area (Å²) in [6.45, 7) is 13.7. The molecule has 0 heterocycles. The van der Waals surface area contributed by atoms with Gasteiger partial charge in [-0.25, -0.2) is 4.99 Å². The van der Waals surface area contributed by atoms with Crippen LogP contribution in [0.1, 0.15) is 218 Å². The van der Waals surface area contributed by atoms with Crippen LogP contribution in [0.5, 0.6) is 0 Å². The van der Waals surface area contributed by atoms with Gasteiger partial charge in [0.25, 0.3) is 0 Å². The number of nitrogens with zero attached hydrogens (tertiary/aromatic N) is 2. The highest BCUT2D eigenvalue weighted by molar-refractivity contribution is 6.49. The molecule has 0 fully saturated rings. The lowest BCUT2D eigenvalue weighted by atomic mass is 9.97. The van der Waals surface area contributed by atoms with Crippen LogP contribution in [0.3, 0.4) is 0 Å². The maximum atomic E-state index is 5.38. The smallest absolute Gasteiger partial charge is 0.135 e. The molecule has 2 aromatic carbocycles. The molecule has 0 aromatic heterocycles. The Balaban J connectivity index is 2.34. The van der Waals surface area contributed by atoms with Gasteiger partial charge in [0.2, 0.25) is 0 Å². The van der Waals surface area contributed by atoms with E-state index in [9.17, 15) is 0 Å². The van der Waals surface area contributed by atoms with E-state index in [1.165, 1.54) is 151 Å². The van der Waals surface area contributed by atoms with E-state index in [-0.39, 0.29) is 0 Å². The molecule has 0 aliphatic heterocycles. The third-order valence-electron chi connectivity index (χ3n) is 10.5. The molecular weight excluding hydrogens is 629 g/mol. The Hall–Kier alpha value is -2.66. The van der Waals surface area contributed by atoms with Crippen LogP contribution in [0, 0.1) is 11.8 Å². The Morgan fingerprint density at radius 2 is 0.827 bits per heavy atom. The van der Waals surface area contributed by atoms with Crippen LogP contribution in [-0.4, -0.2) is 11.4 Å². The fourth-order valence-corrected chi connectivity index (χ4v) is 7.01. The van der Waals surface area contributed by atoms with E-state index in [1.807, 2.05) is 0 Å². The van der Waals surface area contributed by atoms with Crippen molar-refractivity contribution < 1.29 is 0 Å². The summed E-state index contributed by atoms with van der Waals surface area (Å²) in [6, 6.07) is 13.9. The number of hydrogen-bond donors (Lipinski definition) is 0. The Morgan fingerprint density at radius 1 is 0.423 bits per heavy atom. The predicted octanol–water partition coefficient (Wildman–Crippen LogP) is 16.2. The minimum atomic E-state index is 0.875. The average Bonchev–Trinajstić information content (AvgIpc) is 3.16. The van der Waals surface area contributed by atoms with Gasteiger partial charge in [0.1, 0.15) is 5.71 Å². The van der Waals surface area contributed by atoms with Gasteiger partial charge >= 0.3 is 0 Å². The second kappa shape index (κ2) is 30.8. The van der Waals surface area contributed by atoms with E-state index in [0.29, 0.717) is 0 Å². The van der Waals surface area contributed by atoms with Crippen molar-refractivity contribution in [3.05, 3.63) is 58.7 Å². The van der Waals surface area contributed by atoms with E-state index >= 15 is 0 Å². The highest BCUT2D eigenvalue weighted by atomic mass is 14.8. The minimum absolute atomic E-state index is 0.875. The highest BCUT2D eigenvalue weighted by Gasteiger charge is 2.12. The first-order valence-electron chi connectivity index (χ1n) is 22.5. The molecule has 0 bridgehead atoms. The summed E-state index contributed by atoms with van der Waals surface area (Å²) in [5.41, 5.74) is 9.97. The summed E-state index contributed by atoms with van der Waals surface area (Å²) in [6.07, 6.45) is 34.8. The topological polar surface area (TPSA) is 24.7 Å². The van der Waals surface area contributed by atoms with Crippen LogP contribution >= 0.6 is 0 Å². The first-order valence-corrected chi connectivity index (χ1v) is 22.5. The maximum Gasteiger partial charge on any atom is 0.135 e. The Labute approximate surface area is 323 Å². The van der Waals surface area contributed by atoms with Gasteiger partial charge in [-0.15, -0.1) is 0 Å². The number of hydrogen-bond acceptors (Lipinski definition) is 2. The van der Waals surface area contributed by atoms with Crippen molar-refractivity contribution in [1.82, 2.24) is 0 Å². The molecule has 0 saturated carbocycles. The first-order chi connectivity index (χ1) is 25.6. The molecule has 2 nitrogen and oxygen atoms in total. The monoisotopic (exact) mass is 709 g/mol. The van der Waals surface area contributed by atoms with Gasteiger partial charge in [0.15, 0.2) is 0 Å². The van der Waals surface area contributed by atoms with Crippen LogP contribution < -0.4 is 0 Å². The zero-order valence-corrected chi connectivity index (χ0v) is 35.2. The quantitative estimate of drug-likeness (QED) is 0.0438. The second-order valence-electron chi connectivity index (χ2n) is 15.4. The van der Waals surface area contributed by atoms with Gasteiger partial charge in [0, 0.05) is 6.42 Å². The lowest BCUT2D eigenvalue weighted by Crippen LogP contribution is -2.12. The second-order valence-corrected chi connectivity index (χ2v) is 15.4. The van der Waals surface area contributed by atoms with Crippen molar-refractivity contribution in [2.24, 2.45) is 9.98 Å². The third-order valence-corrected chi connectivity index (χ3v) is 10.5. The standard InChI is InChI=1S/C50H80N2/c1-7-13-19-20-21-22-23-24-25-26-27-28-29-30-36-50(52-48-40-38-44(32-15-9-3)46(42-48)34-17-11-5)49(35-18-12-6)51-47-39-37-43(31-14-8-2)45(41-47)33-16-10-4/h37-42H,7-29,31-35H2,1-6H3. The van der Waals surface area contributed by atoms with Crippen LogP contribution in [-0.2, 0) is 25.7 Å².